The van der Waals surface area contributed by atoms with Crippen molar-refractivity contribution >= 4 is 11.5 Å². The van der Waals surface area contributed by atoms with Crippen molar-refractivity contribution in [2.75, 3.05) is 4.90 Å². The molecule has 2 aromatic rings. The second-order valence-corrected chi connectivity index (χ2v) is 4.70. The highest BCUT2D eigenvalue weighted by molar-refractivity contribution is 5.69. The third-order valence-electron chi connectivity index (χ3n) is 3.43. The van der Waals surface area contributed by atoms with Crippen LogP contribution in [-0.2, 0) is 6.42 Å². The largest absolute Gasteiger partial charge is 0.323 e. The number of nitrogens with zero attached hydrogens (tertiary/aromatic N) is 2. The minimum atomic E-state index is 0.487. The number of benzene rings is 1. The maximum absolute atomic E-state index is 4.53. The number of fused-ring (bicyclic) bond motifs is 1. The zero-order valence-corrected chi connectivity index (χ0v) is 10.2. The van der Waals surface area contributed by atoms with E-state index in [1.54, 1.807) is 0 Å². The Balaban J connectivity index is 2.13. The highest BCUT2D eigenvalue weighted by Gasteiger charge is 2.28. The molecule has 0 spiro atoms. The molecule has 86 valence electrons. The van der Waals surface area contributed by atoms with E-state index in [2.05, 4.69) is 54.1 Å². The Morgan fingerprint density at radius 3 is 2.82 bits per heavy atom. The van der Waals surface area contributed by atoms with Gasteiger partial charge in [0.05, 0.1) is 0 Å². The summed E-state index contributed by atoms with van der Waals surface area (Å²) in [6.45, 7) is 4.41. The Hall–Kier alpha value is -1.83. The molecule has 0 amide bonds. The minimum Gasteiger partial charge on any atom is -0.323 e. The van der Waals surface area contributed by atoms with Crippen LogP contribution in [0.4, 0.5) is 11.5 Å². The smallest absolute Gasteiger partial charge is 0.136 e. The van der Waals surface area contributed by atoms with Gasteiger partial charge in [-0.2, -0.15) is 0 Å². The van der Waals surface area contributed by atoms with Crippen molar-refractivity contribution in [3.8, 4) is 0 Å². The fraction of sp³-hybridized carbons (Fsp3) is 0.267. The molecule has 1 atom stereocenters. The van der Waals surface area contributed by atoms with Gasteiger partial charge in [-0.05, 0) is 43.5 Å². The van der Waals surface area contributed by atoms with Crippen LogP contribution in [0.1, 0.15) is 18.1 Å². The van der Waals surface area contributed by atoms with Crippen molar-refractivity contribution in [2.24, 2.45) is 0 Å². The van der Waals surface area contributed by atoms with E-state index >= 15 is 0 Å². The zero-order chi connectivity index (χ0) is 11.8. The van der Waals surface area contributed by atoms with Crippen LogP contribution in [-0.4, -0.2) is 11.0 Å². The van der Waals surface area contributed by atoms with Gasteiger partial charge in [-0.25, -0.2) is 4.98 Å². The Kier molecular flexibility index (Phi) is 2.36. The van der Waals surface area contributed by atoms with Gasteiger partial charge in [0.25, 0.3) is 0 Å². The molecule has 1 aliphatic rings. The summed E-state index contributed by atoms with van der Waals surface area (Å²) in [5, 5.41) is 0. The molecule has 2 nitrogen and oxygen atoms in total. The van der Waals surface area contributed by atoms with Crippen LogP contribution >= 0.6 is 0 Å². The molecule has 0 unspecified atom stereocenters. The van der Waals surface area contributed by atoms with Crippen LogP contribution in [0.5, 0.6) is 0 Å². The summed E-state index contributed by atoms with van der Waals surface area (Å²) in [6, 6.07) is 13.2. The van der Waals surface area contributed by atoms with Gasteiger partial charge in [0.1, 0.15) is 5.82 Å². The molecular formula is C15H16N2. The van der Waals surface area contributed by atoms with E-state index in [-0.39, 0.29) is 0 Å². The van der Waals surface area contributed by atoms with E-state index in [1.165, 1.54) is 16.8 Å². The Morgan fingerprint density at radius 2 is 2.00 bits per heavy atom. The van der Waals surface area contributed by atoms with Crippen molar-refractivity contribution in [2.45, 2.75) is 26.3 Å². The first-order valence-corrected chi connectivity index (χ1v) is 6.06. The molecule has 2 heteroatoms. The van der Waals surface area contributed by atoms with E-state index in [1.807, 2.05) is 12.3 Å². The molecule has 17 heavy (non-hydrogen) atoms. The third-order valence-corrected chi connectivity index (χ3v) is 3.43. The average molecular weight is 224 g/mol. The normalized spacial score (nSPS) is 18.2. The van der Waals surface area contributed by atoms with Crippen molar-refractivity contribution < 1.29 is 0 Å². The maximum Gasteiger partial charge on any atom is 0.136 e. The molecule has 1 aromatic carbocycles. The lowest BCUT2D eigenvalue weighted by atomic mass is 10.1. The number of aryl methyl sites for hydroxylation is 1. The standard InChI is InChI=1S/C15H16N2/c1-11-6-3-4-8-14(11)17-12(2)10-13-7-5-9-16-15(13)17/h3-9,12H,10H2,1-2H3/t12-/m0/s1. The second-order valence-electron chi connectivity index (χ2n) is 4.70. The first-order valence-electron chi connectivity index (χ1n) is 6.06. The number of para-hydroxylation sites is 1. The zero-order valence-electron chi connectivity index (χ0n) is 10.2. The SMILES string of the molecule is Cc1ccccc1N1c2ncccc2C[C@@H]1C. The Bertz CT molecular complexity index is 548. The molecule has 0 N–H and O–H groups in total. The fourth-order valence-corrected chi connectivity index (χ4v) is 2.61. The van der Waals surface area contributed by atoms with Crippen molar-refractivity contribution in [3.05, 3.63) is 53.7 Å². The summed E-state index contributed by atoms with van der Waals surface area (Å²) in [5.74, 6) is 1.12. The molecule has 0 aliphatic carbocycles. The van der Waals surface area contributed by atoms with E-state index in [4.69, 9.17) is 0 Å². The Morgan fingerprint density at radius 1 is 1.18 bits per heavy atom. The van der Waals surface area contributed by atoms with Gasteiger partial charge in [-0.15, -0.1) is 0 Å². The summed E-state index contributed by atoms with van der Waals surface area (Å²) >= 11 is 0. The van der Waals surface area contributed by atoms with Crippen LogP contribution in [0.3, 0.4) is 0 Å². The summed E-state index contributed by atoms with van der Waals surface area (Å²) in [7, 11) is 0. The van der Waals surface area contributed by atoms with Crippen LogP contribution in [0.25, 0.3) is 0 Å². The number of aromatic nitrogens is 1. The number of hydrogen-bond donors (Lipinski definition) is 0. The van der Waals surface area contributed by atoms with Crippen molar-refractivity contribution in [3.63, 3.8) is 0 Å². The van der Waals surface area contributed by atoms with Gasteiger partial charge < -0.3 is 4.90 Å². The van der Waals surface area contributed by atoms with Crippen LogP contribution in [0.2, 0.25) is 0 Å². The second kappa shape index (κ2) is 3.88. The molecule has 2 heterocycles. The van der Waals surface area contributed by atoms with Crippen LogP contribution in [0, 0.1) is 6.92 Å². The van der Waals surface area contributed by atoms with Gasteiger partial charge in [-0.3, -0.25) is 0 Å². The van der Waals surface area contributed by atoms with E-state index in [0.29, 0.717) is 6.04 Å². The summed E-state index contributed by atoms with van der Waals surface area (Å²) in [5.41, 5.74) is 3.93. The summed E-state index contributed by atoms with van der Waals surface area (Å²) in [4.78, 5) is 6.89. The van der Waals surface area contributed by atoms with Crippen molar-refractivity contribution in [1.29, 1.82) is 0 Å². The molecule has 1 aromatic heterocycles. The molecule has 1 aliphatic heterocycles. The molecule has 0 fully saturated rings. The van der Waals surface area contributed by atoms with Gasteiger partial charge in [0.15, 0.2) is 0 Å². The maximum atomic E-state index is 4.53. The number of rotatable bonds is 1. The summed E-state index contributed by atoms with van der Waals surface area (Å²) < 4.78 is 0. The van der Waals surface area contributed by atoms with Gasteiger partial charge in [-0.1, -0.05) is 24.3 Å². The highest BCUT2D eigenvalue weighted by atomic mass is 15.2. The number of pyridine rings is 1. The lowest BCUT2D eigenvalue weighted by Gasteiger charge is -2.25. The quantitative estimate of drug-likeness (QED) is 0.737. The third kappa shape index (κ3) is 1.60. The highest BCUT2D eigenvalue weighted by Crippen LogP contribution is 2.37. The molecule has 0 saturated carbocycles. The monoisotopic (exact) mass is 224 g/mol. The first-order chi connectivity index (χ1) is 8.27. The van der Waals surface area contributed by atoms with Crippen LogP contribution in [0.15, 0.2) is 42.6 Å². The topological polar surface area (TPSA) is 16.1 Å². The Labute approximate surface area is 102 Å². The predicted molar refractivity (Wildman–Crippen MR) is 70.7 cm³/mol. The number of hydrogen-bond acceptors (Lipinski definition) is 2. The molecule has 0 saturated heterocycles. The van der Waals surface area contributed by atoms with Crippen molar-refractivity contribution in [1.82, 2.24) is 4.98 Å². The fourth-order valence-electron chi connectivity index (χ4n) is 2.61. The van der Waals surface area contributed by atoms with Gasteiger partial charge in [0.2, 0.25) is 0 Å². The lowest BCUT2D eigenvalue weighted by molar-refractivity contribution is 0.754. The summed E-state index contributed by atoms with van der Waals surface area (Å²) in [6.07, 6.45) is 2.96. The lowest BCUT2D eigenvalue weighted by Crippen LogP contribution is -2.25. The van der Waals surface area contributed by atoms with Crippen LogP contribution < -0.4 is 4.90 Å². The molecular weight excluding hydrogens is 208 g/mol. The molecule has 3 rings (SSSR count). The molecule has 0 radical (unpaired) electrons. The van der Waals surface area contributed by atoms with E-state index in [9.17, 15) is 0 Å². The predicted octanol–water partition coefficient (Wildman–Crippen LogP) is 3.47. The average Bonchev–Trinajstić information content (AvgIpc) is 2.66. The van der Waals surface area contributed by atoms with Gasteiger partial charge >= 0.3 is 0 Å². The van der Waals surface area contributed by atoms with E-state index < -0.39 is 0 Å². The van der Waals surface area contributed by atoms with E-state index in [0.717, 1.165) is 12.2 Å². The van der Waals surface area contributed by atoms with Gasteiger partial charge in [0, 0.05) is 17.9 Å². The first kappa shape index (κ1) is 10.3. The molecule has 0 bridgehead atoms. The minimum absolute atomic E-state index is 0.487. The number of anilines is 2.